The summed E-state index contributed by atoms with van der Waals surface area (Å²) in [5, 5.41) is 50.1. The van der Waals surface area contributed by atoms with E-state index in [2.05, 4.69) is 98.9 Å². The number of ether oxygens (including phenoxy) is 2. The molecule has 0 amide bonds. The zero-order valence-corrected chi connectivity index (χ0v) is 37.6. The van der Waals surface area contributed by atoms with E-state index < -0.39 is 75.7 Å². The molecule has 0 aliphatic heterocycles. The zero-order valence-electron chi connectivity index (χ0n) is 36.7. The number of phosphoric ester groups is 1. The van der Waals surface area contributed by atoms with E-state index in [0.717, 1.165) is 103 Å². The molecule has 0 aromatic rings. The highest BCUT2D eigenvalue weighted by molar-refractivity contribution is 7.47. The van der Waals surface area contributed by atoms with Crippen molar-refractivity contribution >= 4 is 19.8 Å². The van der Waals surface area contributed by atoms with Crippen LogP contribution in [0, 0.1) is 0 Å². The van der Waals surface area contributed by atoms with Crippen molar-refractivity contribution < 1.29 is 63.1 Å². The summed E-state index contributed by atoms with van der Waals surface area (Å²) in [6, 6.07) is 0. The molecule has 0 aromatic heterocycles. The number of hydrogen-bond donors (Lipinski definition) is 6. The van der Waals surface area contributed by atoms with Gasteiger partial charge in [0.1, 0.15) is 43.2 Å². The summed E-state index contributed by atoms with van der Waals surface area (Å²) >= 11 is 0. The quantitative estimate of drug-likeness (QED) is 0.0153. The Morgan fingerprint density at radius 2 is 0.934 bits per heavy atom. The molecule has 1 rings (SSSR count). The van der Waals surface area contributed by atoms with Gasteiger partial charge in [0.2, 0.25) is 0 Å². The number of rotatable bonds is 35. The molecule has 348 valence electrons. The SMILES string of the molecule is CC/C=C\C/C=C\C/C=C\C/C=C\C/C=C\CCCCCC(=O)OC(COC(=O)CCCCCCC/C=C\C/C=C\CCC)COP(=O)(O)OC1C(O)C(O)C(O)C(O)C1O. The Hall–Kier alpha value is -2.97. The maximum absolute atomic E-state index is 12.8. The lowest BCUT2D eigenvalue weighted by molar-refractivity contribution is -0.220. The van der Waals surface area contributed by atoms with E-state index in [1.807, 2.05) is 0 Å². The van der Waals surface area contributed by atoms with Crippen molar-refractivity contribution in [2.45, 2.75) is 185 Å². The van der Waals surface area contributed by atoms with Gasteiger partial charge in [0.05, 0.1) is 6.61 Å². The molecule has 0 spiro atoms. The van der Waals surface area contributed by atoms with Crippen LogP contribution in [0.4, 0.5) is 0 Å². The molecule has 1 aliphatic rings. The molecule has 0 bridgehead atoms. The number of unbranched alkanes of at least 4 members (excludes halogenated alkanes) is 9. The second kappa shape index (κ2) is 36.5. The van der Waals surface area contributed by atoms with E-state index in [4.69, 9.17) is 18.5 Å². The third-order valence-corrected chi connectivity index (χ3v) is 10.7. The average molecular weight is 881 g/mol. The standard InChI is InChI=1S/C47H77O13P/c1-3-5-7-9-11-13-15-17-18-19-20-21-22-24-26-28-30-32-34-36-41(49)59-39(38-58-61(55,56)60-47-45(53)43(51)42(50)44(52)46(47)54)37-57-40(48)35-33-31-29-27-25-23-16-14-12-10-8-6-4-2/h5,7-8,10-11,13-14,16-18,20-21,24,26,39,42-47,50-54H,3-4,6,9,12,15,19,22-23,25,27-38H2,1-2H3,(H,55,56)/b7-5-,10-8-,13-11-,16-14-,18-17-,21-20-,26-24-. The van der Waals surface area contributed by atoms with Crippen LogP contribution in [0.15, 0.2) is 85.1 Å². The van der Waals surface area contributed by atoms with Crippen LogP contribution in [-0.2, 0) is 32.7 Å². The van der Waals surface area contributed by atoms with Crippen LogP contribution in [-0.4, -0.2) is 98.3 Å². The number of aliphatic hydroxyl groups is 5. The highest BCUT2D eigenvalue weighted by Gasteiger charge is 2.51. The van der Waals surface area contributed by atoms with Gasteiger partial charge in [-0.15, -0.1) is 0 Å². The van der Waals surface area contributed by atoms with E-state index in [1.54, 1.807) is 0 Å². The van der Waals surface area contributed by atoms with Crippen LogP contribution in [0.1, 0.15) is 142 Å². The number of hydrogen-bond acceptors (Lipinski definition) is 12. The smallest absolute Gasteiger partial charge is 0.462 e. The fraction of sp³-hybridized carbons (Fsp3) is 0.660. The van der Waals surface area contributed by atoms with Gasteiger partial charge < -0.3 is 39.9 Å². The summed E-state index contributed by atoms with van der Waals surface area (Å²) in [4.78, 5) is 35.6. The van der Waals surface area contributed by atoms with Gasteiger partial charge in [-0.25, -0.2) is 4.57 Å². The number of phosphoric acid groups is 1. The fourth-order valence-corrected chi connectivity index (χ4v) is 7.09. The molecule has 1 fully saturated rings. The van der Waals surface area contributed by atoms with E-state index in [-0.39, 0.29) is 12.8 Å². The van der Waals surface area contributed by atoms with Gasteiger partial charge in [0, 0.05) is 12.8 Å². The van der Waals surface area contributed by atoms with Crippen molar-refractivity contribution in [3.63, 3.8) is 0 Å². The topological polar surface area (TPSA) is 210 Å². The van der Waals surface area contributed by atoms with Crippen molar-refractivity contribution in [3.05, 3.63) is 85.1 Å². The summed E-state index contributed by atoms with van der Waals surface area (Å²) in [6.45, 7) is 3.06. The van der Waals surface area contributed by atoms with Gasteiger partial charge in [-0.05, 0) is 83.5 Å². The number of carbonyl (C=O) groups excluding carboxylic acids is 2. The van der Waals surface area contributed by atoms with E-state index in [9.17, 15) is 44.6 Å². The minimum atomic E-state index is -5.13. The normalized spacial score (nSPS) is 22.8. The highest BCUT2D eigenvalue weighted by Crippen LogP contribution is 2.47. The van der Waals surface area contributed by atoms with E-state index in [0.29, 0.717) is 12.8 Å². The van der Waals surface area contributed by atoms with Crippen LogP contribution in [0.3, 0.4) is 0 Å². The lowest BCUT2D eigenvalue weighted by Gasteiger charge is -2.41. The first-order valence-corrected chi connectivity index (χ1v) is 23.9. The molecule has 0 aromatic carbocycles. The van der Waals surface area contributed by atoms with Crippen LogP contribution in [0.2, 0.25) is 0 Å². The molecule has 6 atom stereocenters. The Morgan fingerprint density at radius 3 is 1.44 bits per heavy atom. The van der Waals surface area contributed by atoms with Crippen molar-refractivity contribution in [2.24, 2.45) is 0 Å². The second-order valence-electron chi connectivity index (χ2n) is 15.2. The molecule has 61 heavy (non-hydrogen) atoms. The van der Waals surface area contributed by atoms with Gasteiger partial charge in [-0.2, -0.15) is 0 Å². The number of esters is 2. The lowest BCUT2D eigenvalue weighted by atomic mass is 9.85. The molecule has 1 aliphatic carbocycles. The largest absolute Gasteiger partial charge is 0.472 e. The summed E-state index contributed by atoms with van der Waals surface area (Å²) in [7, 11) is -5.13. The summed E-state index contributed by atoms with van der Waals surface area (Å²) in [5.74, 6) is -1.16. The molecule has 14 heteroatoms. The zero-order chi connectivity index (χ0) is 45.0. The minimum absolute atomic E-state index is 0.0494. The molecule has 0 saturated heterocycles. The third-order valence-electron chi connectivity index (χ3n) is 9.70. The predicted molar refractivity (Wildman–Crippen MR) is 239 cm³/mol. The predicted octanol–water partition coefficient (Wildman–Crippen LogP) is 8.50. The molecule has 0 heterocycles. The fourth-order valence-electron chi connectivity index (χ4n) is 6.11. The van der Waals surface area contributed by atoms with Crippen LogP contribution < -0.4 is 0 Å². The Morgan fingerprint density at radius 1 is 0.525 bits per heavy atom. The molecule has 1 saturated carbocycles. The van der Waals surface area contributed by atoms with Crippen LogP contribution in [0.25, 0.3) is 0 Å². The van der Waals surface area contributed by atoms with Gasteiger partial charge in [0.15, 0.2) is 6.10 Å². The molecule has 0 radical (unpaired) electrons. The Balaban J connectivity index is 2.52. The van der Waals surface area contributed by atoms with Crippen molar-refractivity contribution in [1.82, 2.24) is 0 Å². The van der Waals surface area contributed by atoms with Crippen LogP contribution in [0.5, 0.6) is 0 Å². The number of allylic oxidation sites excluding steroid dienone is 14. The molecule has 13 nitrogen and oxygen atoms in total. The molecule has 6 unspecified atom stereocenters. The van der Waals surface area contributed by atoms with Gasteiger partial charge in [-0.3, -0.25) is 18.6 Å². The maximum atomic E-state index is 12.8. The average Bonchev–Trinajstić information content (AvgIpc) is 3.24. The maximum Gasteiger partial charge on any atom is 0.472 e. The second-order valence-corrected chi connectivity index (χ2v) is 16.6. The number of carbonyl (C=O) groups is 2. The van der Waals surface area contributed by atoms with E-state index in [1.165, 1.54) is 0 Å². The molecular weight excluding hydrogens is 803 g/mol. The van der Waals surface area contributed by atoms with Crippen molar-refractivity contribution in [1.29, 1.82) is 0 Å². The van der Waals surface area contributed by atoms with Gasteiger partial charge in [-0.1, -0.05) is 131 Å². The van der Waals surface area contributed by atoms with Gasteiger partial charge >= 0.3 is 19.8 Å². The minimum Gasteiger partial charge on any atom is -0.462 e. The Bertz CT molecular complexity index is 1390. The first kappa shape index (κ1) is 56.0. The summed E-state index contributed by atoms with van der Waals surface area (Å²) in [5.41, 5.74) is 0. The van der Waals surface area contributed by atoms with Crippen molar-refractivity contribution in [3.8, 4) is 0 Å². The number of aliphatic hydroxyl groups excluding tert-OH is 5. The van der Waals surface area contributed by atoms with E-state index >= 15 is 0 Å². The van der Waals surface area contributed by atoms with Gasteiger partial charge in [0.25, 0.3) is 0 Å². The lowest BCUT2D eigenvalue weighted by Crippen LogP contribution is -2.64. The Labute approximate surface area is 365 Å². The molecular formula is C47H77O13P. The summed E-state index contributed by atoms with van der Waals surface area (Å²) in [6.07, 6.45) is 33.5. The first-order valence-electron chi connectivity index (χ1n) is 22.4. The monoisotopic (exact) mass is 881 g/mol. The summed E-state index contributed by atoms with van der Waals surface area (Å²) < 4.78 is 33.4. The van der Waals surface area contributed by atoms with Crippen LogP contribution >= 0.6 is 7.82 Å². The first-order chi connectivity index (χ1) is 29.4. The van der Waals surface area contributed by atoms with Crippen molar-refractivity contribution in [2.75, 3.05) is 13.2 Å². The molecule has 6 N–H and O–H groups in total. The highest BCUT2D eigenvalue weighted by atomic mass is 31.2. The Kier molecular flexibility index (Phi) is 33.5. The third kappa shape index (κ3) is 29.1.